The SMILES string of the molecule is CCS(=O)(=O)CCCN1C(=O)C(C(C)(C)C)NC(=O)C1C. The third-order valence-electron chi connectivity index (χ3n) is 3.82. The van der Waals surface area contributed by atoms with Crippen LogP contribution < -0.4 is 5.32 Å². The van der Waals surface area contributed by atoms with Crippen molar-refractivity contribution >= 4 is 21.7 Å². The Balaban J connectivity index is 2.79. The molecule has 21 heavy (non-hydrogen) atoms. The maximum absolute atomic E-state index is 12.5. The van der Waals surface area contributed by atoms with Gasteiger partial charge in [-0.2, -0.15) is 0 Å². The molecule has 0 aliphatic carbocycles. The van der Waals surface area contributed by atoms with Crippen LogP contribution >= 0.6 is 0 Å². The second-order valence-electron chi connectivity index (χ2n) is 6.61. The Bertz CT molecular complexity index is 508. The molecule has 1 saturated heterocycles. The van der Waals surface area contributed by atoms with Crippen LogP contribution in [0.1, 0.15) is 41.0 Å². The molecule has 0 aromatic rings. The fourth-order valence-electron chi connectivity index (χ4n) is 2.31. The summed E-state index contributed by atoms with van der Waals surface area (Å²) in [6.07, 6.45) is 0.358. The van der Waals surface area contributed by atoms with Gasteiger partial charge in [0.05, 0.1) is 5.75 Å². The van der Waals surface area contributed by atoms with Gasteiger partial charge in [0.2, 0.25) is 11.8 Å². The number of piperazine rings is 1. The number of carbonyl (C=O) groups is 2. The van der Waals surface area contributed by atoms with Crippen LogP contribution in [0.25, 0.3) is 0 Å². The van der Waals surface area contributed by atoms with Crippen molar-refractivity contribution in [3.8, 4) is 0 Å². The van der Waals surface area contributed by atoms with Gasteiger partial charge in [-0.15, -0.1) is 0 Å². The standard InChI is InChI=1S/C14H26N2O4S/c1-6-21(19,20)9-7-8-16-10(2)12(17)15-11(13(16)18)14(3,4)5/h10-11H,6-9H2,1-5H3,(H,15,17). The van der Waals surface area contributed by atoms with Crippen molar-refractivity contribution in [3.63, 3.8) is 0 Å². The van der Waals surface area contributed by atoms with Crippen LogP contribution in [-0.4, -0.2) is 55.3 Å². The zero-order chi connectivity index (χ0) is 16.4. The predicted octanol–water partition coefficient (Wildman–Crippen LogP) is 0.573. The number of sulfone groups is 1. The second kappa shape index (κ2) is 6.34. The van der Waals surface area contributed by atoms with E-state index in [0.717, 1.165) is 0 Å². The summed E-state index contributed by atoms with van der Waals surface area (Å²) in [6.45, 7) is 9.25. The van der Waals surface area contributed by atoms with Crippen LogP contribution in [0.2, 0.25) is 0 Å². The van der Waals surface area contributed by atoms with E-state index in [2.05, 4.69) is 5.32 Å². The maximum atomic E-state index is 12.5. The number of carbonyl (C=O) groups excluding carboxylic acids is 2. The first kappa shape index (κ1) is 17.9. The zero-order valence-electron chi connectivity index (χ0n) is 13.5. The summed E-state index contributed by atoms with van der Waals surface area (Å²) in [4.78, 5) is 26.0. The van der Waals surface area contributed by atoms with E-state index in [9.17, 15) is 18.0 Å². The zero-order valence-corrected chi connectivity index (χ0v) is 14.3. The molecule has 1 N–H and O–H groups in total. The topological polar surface area (TPSA) is 83.6 Å². The minimum Gasteiger partial charge on any atom is -0.342 e. The van der Waals surface area contributed by atoms with E-state index < -0.39 is 21.9 Å². The molecule has 0 aromatic carbocycles. The summed E-state index contributed by atoms with van der Waals surface area (Å²) in [7, 11) is -3.05. The summed E-state index contributed by atoms with van der Waals surface area (Å²) in [6, 6.07) is -1.12. The van der Waals surface area contributed by atoms with E-state index in [1.165, 1.54) is 4.90 Å². The first-order chi connectivity index (χ1) is 9.49. The molecule has 2 atom stereocenters. The van der Waals surface area contributed by atoms with Gasteiger partial charge in [0.1, 0.15) is 21.9 Å². The Hall–Kier alpha value is -1.11. The van der Waals surface area contributed by atoms with Crippen molar-refractivity contribution in [1.29, 1.82) is 0 Å². The van der Waals surface area contributed by atoms with Crippen molar-refractivity contribution in [2.45, 2.75) is 53.1 Å². The lowest BCUT2D eigenvalue weighted by Crippen LogP contribution is -2.65. The molecule has 1 heterocycles. The van der Waals surface area contributed by atoms with E-state index in [0.29, 0.717) is 13.0 Å². The van der Waals surface area contributed by atoms with Crippen molar-refractivity contribution in [2.24, 2.45) is 5.41 Å². The predicted molar refractivity (Wildman–Crippen MR) is 81.5 cm³/mol. The summed E-state index contributed by atoms with van der Waals surface area (Å²) < 4.78 is 23.0. The number of nitrogens with zero attached hydrogens (tertiary/aromatic N) is 1. The van der Waals surface area contributed by atoms with Gasteiger partial charge in [-0.3, -0.25) is 9.59 Å². The van der Waals surface area contributed by atoms with Gasteiger partial charge in [-0.1, -0.05) is 27.7 Å². The summed E-state index contributed by atoms with van der Waals surface area (Å²) in [5, 5.41) is 2.76. The number of nitrogens with one attached hydrogen (secondary N) is 1. The van der Waals surface area contributed by atoms with Crippen LogP contribution in [-0.2, 0) is 19.4 Å². The molecule has 6 nitrogen and oxygen atoms in total. The fraction of sp³-hybridized carbons (Fsp3) is 0.857. The highest BCUT2D eigenvalue weighted by Gasteiger charge is 2.43. The molecule has 0 radical (unpaired) electrons. The number of hydrogen-bond acceptors (Lipinski definition) is 4. The monoisotopic (exact) mass is 318 g/mol. The molecule has 7 heteroatoms. The molecule has 0 spiro atoms. The van der Waals surface area contributed by atoms with Crippen LogP contribution in [0.15, 0.2) is 0 Å². The van der Waals surface area contributed by atoms with Crippen molar-refractivity contribution in [1.82, 2.24) is 10.2 Å². The Morgan fingerprint density at radius 3 is 2.29 bits per heavy atom. The van der Waals surface area contributed by atoms with Gasteiger partial charge in [-0.05, 0) is 18.8 Å². The highest BCUT2D eigenvalue weighted by Crippen LogP contribution is 2.25. The van der Waals surface area contributed by atoms with Crippen molar-refractivity contribution < 1.29 is 18.0 Å². The van der Waals surface area contributed by atoms with Crippen LogP contribution in [0, 0.1) is 5.41 Å². The van der Waals surface area contributed by atoms with Gasteiger partial charge < -0.3 is 10.2 Å². The molecule has 0 aromatic heterocycles. The lowest BCUT2D eigenvalue weighted by atomic mass is 9.84. The Morgan fingerprint density at radius 2 is 1.81 bits per heavy atom. The van der Waals surface area contributed by atoms with Gasteiger partial charge >= 0.3 is 0 Å². The summed E-state index contributed by atoms with van der Waals surface area (Å²) in [5.41, 5.74) is -0.374. The molecule has 1 fully saturated rings. The number of amides is 2. The molecule has 1 aliphatic heterocycles. The molecule has 122 valence electrons. The third-order valence-corrected chi connectivity index (χ3v) is 5.61. The minimum atomic E-state index is -3.05. The molecule has 0 saturated carbocycles. The van der Waals surface area contributed by atoms with E-state index in [1.54, 1.807) is 13.8 Å². The smallest absolute Gasteiger partial charge is 0.246 e. The summed E-state index contributed by atoms with van der Waals surface area (Å²) >= 11 is 0. The second-order valence-corrected chi connectivity index (χ2v) is 9.08. The first-order valence-electron chi connectivity index (χ1n) is 7.31. The van der Waals surface area contributed by atoms with Gasteiger partial charge in [-0.25, -0.2) is 8.42 Å². The lowest BCUT2D eigenvalue weighted by molar-refractivity contribution is -0.151. The fourth-order valence-corrected chi connectivity index (χ4v) is 3.17. The van der Waals surface area contributed by atoms with Crippen molar-refractivity contribution in [2.75, 3.05) is 18.1 Å². The van der Waals surface area contributed by atoms with E-state index in [-0.39, 0.29) is 28.7 Å². The van der Waals surface area contributed by atoms with Crippen LogP contribution in [0.4, 0.5) is 0 Å². The normalized spacial score (nSPS) is 24.1. The van der Waals surface area contributed by atoms with Crippen LogP contribution in [0.5, 0.6) is 0 Å². The van der Waals surface area contributed by atoms with Crippen molar-refractivity contribution in [3.05, 3.63) is 0 Å². The third kappa shape index (κ3) is 4.43. The summed E-state index contributed by atoms with van der Waals surface area (Å²) in [5.74, 6) is -0.181. The Kier molecular flexibility index (Phi) is 5.41. The molecule has 2 amide bonds. The lowest BCUT2D eigenvalue weighted by Gasteiger charge is -2.42. The molecular weight excluding hydrogens is 292 g/mol. The maximum Gasteiger partial charge on any atom is 0.246 e. The average molecular weight is 318 g/mol. The Labute approximate surface area is 127 Å². The van der Waals surface area contributed by atoms with E-state index >= 15 is 0 Å². The van der Waals surface area contributed by atoms with E-state index in [1.807, 2.05) is 20.8 Å². The van der Waals surface area contributed by atoms with Crippen LogP contribution in [0.3, 0.4) is 0 Å². The highest BCUT2D eigenvalue weighted by atomic mass is 32.2. The largest absolute Gasteiger partial charge is 0.342 e. The molecule has 1 rings (SSSR count). The quantitative estimate of drug-likeness (QED) is 0.803. The Morgan fingerprint density at radius 1 is 1.24 bits per heavy atom. The minimum absolute atomic E-state index is 0.0435. The average Bonchev–Trinajstić information content (AvgIpc) is 2.36. The molecule has 0 bridgehead atoms. The highest BCUT2D eigenvalue weighted by molar-refractivity contribution is 7.91. The molecule has 2 unspecified atom stereocenters. The number of rotatable bonds is 5. The molecule has 1 aliphatic rings. The van der Waals surface area contributed by atoms with Gasteiger partial charge in [0, 0.05) is 12.3 Å². The first-order valence-corrected chi connectivity index (χ1v) is 9.13. The van der Waals surface area contributed by atoms with Gasteiger partial charge in [0.25, 0.3) is 0 Å². The van der Waals surface area contributed by atoms with E-state index in [4.69, 9.17) is 0 Å². The number of hydrogen-bond donors (Lipinski definition) is 1. The van der Waals surface area contributed by atoms with Gasteiger partial charge in [0.15, 0.2) is 0 Å². The molecular formula is C14H26N2O4S.